The van der Waals surface area contributed by atoms with Crippen LogP contribution >= 0.6 is 0 Å². The van der Waals surface area contributed by atoms with Crippen LogP contribution in [0.2, 0.25) is 0 Å². The third-order valence-electron chi connectivity index (χ3n) is 4.46. The molecule has 0 radical (unpaired) electrons. The zero-order valence-corrected chi connectivity index (χ0v) is 13.5. The van der Waals surface area contributed by atoms with Crippen LogP contribution in [0.25, 0.3) is 0 Å². The minimum absolute atomic E-state index is 0.0510. The van der Waals surface area contributed by atoms with E-state index in [1.54, 1.807) is 0 Å². The Labute approximate surface area is 132 Å². The molecule has 4 heteroatoms. The quantitative estimate of drug-likeness (QED) is 0.848. The summed E-state index contributed by atoms with van der Waals surface area (Å²) in [6, 6.07) is 9.75. The predicted octanol–water partition coefficient (Wildman–Crippen LogP) is 2.60. The summed E-state index contributed by atoms with van der Waals surface area (Å²) in [5, 5.41) is 5.84. The molecular formula is C18H26N2O2. The summed E-state index contributed by atoms with van der Waals surface area (Å²) < 4.78 is 0. The molecule has 1 aromatic rings. The highest BCUT2D eigenvalue weighted by atomic mass is 16.2. The van der Waals surface area contributed by atoms with Crippen LogP contribution in [-0.4, -0.2) is 24.4 Å². The van der Waals surface area contributed by atoms with E-state index in [1.807, 2.05) is 18.2 Å². The van der Waals surface area contributed by atoms with Crippen LogP contribution in [0.15, 0.2) is 30.3 Å². The van der Waals surface area contributed by atoms with E-state index in [9.17, 15) is 9.59 Å². The Bertz CT molecular complexity index is 495. The van der Waals surface area contributed by atoms with Crippen LogP contribution in [-0.2, 0) is 9.59 Å². The molecule has 0 heterocycles. The molecule has 1 aromatic carbocycles. The van der Waals surface area contributed by atoms with E-state index < -0.39 is 0 Å². The van der Waals surface area contributed by atoms with Crippen LogP contribution in [0, 0.1) is 5.92 Å². The summed E-state index contributed by atoms with van der Waals surface area (Å²) in [5.74, 6) is 0.343. The van der Waals surface area contributed by atoms with Gasteiger partial charge in [-0.3, -0.25) is 9.59 Å². The number of hydrogen-bond acceptors (Lipinski definition) is 2. The maximum atomic E-state index is 12.5. The maximum Gasteiger partial charge on any atom is 0.242 e. The fraction of sp³-hybridized carbons (Fsp3) is 0.556. The summed E-state index contributed by atoms with van der Waals surface area (Å²) in [5.41, 5.74) is 1.21. The Morgan fingerprint density at radius 3 is 2.41 bits per heavy atom. The Hall–Kier alpha value is -1.84. The van der Waals surface area contributed by atoms with Gasteiger partial charge in [-0.1, -0.05) is 50.1 Å². The molecule has 0 aromatic heterocycles. The van der Waals surface area contributed by atoms with Crippen molar-refractivity contribution in [1.82, 2.24) is 10.6 Å². The summed E-state index contributed by atoms with van der Waals surface area (Å²) in [4.78, 5) is 23.9. The van der Waals surface area contributed by atoms with E-state index in [1.165, 1.54) is 12.5 Å². The van der Waals surface area contributed by atoms with Crippen molar-refractivity contribution in [3.63, 3.8) is 0 Å². The average Bonchev–Trinajstić information content (AvgIpc) is 3.04. The number of carbonyl (C=O) groups is 2. The molecule has 120 valence electrons. The molecule has 4 nitrogen and oxygen atoms in total. The zero-order valence-electron chi connectivity index (χ0n) is 13.5. The van der Waals surface area contributed by atoms with E-state index in [0.29, 0.717) is 6.54 Å². The molecule has 1 fully saturated rings. The van der Waals surface area contributed by atoms with Gasteiger partial charge in [0.2, 0.25) is 11.8 Å². The number of carbonyl (C=O) groups excluding carboxylic acids is 2. The lowest BCUT2D eigenvalue weighted by molar-refractivity contribution is -0.129. The SMILES string of the molecule is CC(=O)NC(C(=O)NCC(C)c1ccccc1)C1CCCC1. The van der Waals surface area contributed by atoms with E-state index in [4.69, 9.17) is 0 Å². The molecule has 0 aliphatic heterocycles. The number of hydrogen-bond donors (Lipinski definition) is 2. The highest BCUT2D eigenvalue weighted by molar-refractivity contribution is 5.87. The molecule has 1 aliphatic carbocycles. The van der Waals surface area contributed by atoms with E-state index in [2.05, 4.69) is 29.7 Å². The normalized spacial score (nSPS) is 17.7. The molecule has 22 heavy (non-hydrogen) atoms. The fourth-order valence-corrected chi connectivity index (χ4v) is 3.17. The van der Waals surface area contributed by atoms with Crippen LogP contribution in [0.3, 0.4) is 0 Å². The first-order chi connectivity index (χ1) is 10.6. The van der Waals surface area contributed by atoms with Crippen molar-refractivity contribution in [2.45, 2.75) is 51.5 Å². The Morgan fingerprint density at radius 1 is 1.18 bits per heavy atom. The first-order valence-corrected chi connectivity index (χ1v) is 8.17. The van der Waals surface area contributed by atoms with Crippen molar-refractivity contribution < 1.29 is 9.59 Å². The monoisotopic (exact) mass is 302 g/mol. The molecule has 2 amide bonds. The number of nitrogens with one attached hydrogen (secondary N) is 2. The molecule has 0 bridgehead atoms. The summed E-state index contributed by atoms with van der Waals surface area (Å²) in [6.07, 6.45) is 4.34. The second-order valence-corrected chi connectivity index (χ2v) is 6.28. The van der Waals surface area contributed by atoms with Gasteiger partial charge < -0.3 is 10.6 Å². The topological polar surface area (TPSA) is 58.2 Å². The zero-order chi connectivity index (χ0) is 15.9. The average molecular weight is 302 g/mol. The van der Waals surface area contributed by atoms with Gasteiger partial charge in [0, 0.05) is 13.5 Å². The lowest BCUT2D eigenvalue weighted by atomic mass is 9.96. The molecule has 0 saturated heterocycles. The largest absolute Gasteiger partial charge is 0.354 e. The molecule has 0 spiro atoms. The van der Waals surface area contributed by atoms with Crippen molar-refractivity contribution >= 4 is 11.8 Å². The van der Waals surface area contributed by atoms with E-state index in [-0.39, 0.29) is 29.7 Å². The van der Waals surface area contributed by atoms with Crippen LogP contribution in [0.5, 0.6) is 0 Å². The molecular weight excluding hydrogens is 276 g/mol. The van der Waals surface area contributed by atoms with Crippen LogP contribution in [0.4, 0.5) is 0 Å². The van der Waals surface area contributed by atoms with Crippen molar-refractivity contribution in [2.24, 2.45) is 5.92 Å². The summed E-state index contributed by atoms with van der Waals surface area (Å²) in [6.45, 7) is 4.16. The molecule has 1 saturated carbocycles. The molecule has 2 atom stereocenters. The number of benzene rings is 1. The first-order valence-electron chi connectivity index (χ1n) is 8.17. The second kappa shape index (κ2) is 7.97. The lowest BCUT2D eigenvalue weighted by Crippen LogP contribution is -2.50. The van der Waals surface area contributed by atoms with Crippen molar-refractivity contribution in [1.29, 1.82) is 0 Å². The van der Waals surface area contributed by atoms with Gasteiger partial charge >= 0.3 is 0 Å². The molecule has 1 aliphatic rings. The number of rotatable bonds is 6. The Balaban J connectivity index is 1.91. The highest BCUT2D eigenvalue weighted by Crippen LogP contribution is 2.28. The third kappa shape index (κ3) is 4.58. The molecule has 2 unspecified atom stereocenters. The number of amides is 2. The van der Waals surface area contributed by atoms with Gasteiger partial charge in [0.25, 0.3) is 0 Å². The van der Waals surface area contributed by atoms with Gasteiger partial charge in [-0.05, 0) is 30.2 Å². The fourth-order valence-electron chi connectivity index (χ4n) is 3.17. The van der Waals surface area contributed by atoms with Gasteiger partial charge in [-0.2, -0.15) is 0 Å². The van der Waals surface area contributed by atoms with E-state index >= 15 is 0 Å². The Kier molecular flexibility index (Phi) is 5.99. The van der Waals surface area contributed by atoms with Gasteiger partial charge in [-0.25, -0.2) is 0 Å². The van der Waals surface area contributed by atoms with Gasteiger partial charge in [0.15, 0.2) is 0 Å². The van der Waals surface area contributed by atoms with Crippen molar-refractivity contribution in [3.8, 4) is 0 Å². The second-order valence-electron chi connectivity index (χ2n) is 6.28. The third-order valence-corrected chi connectivity index (χ3v) is 4.46. The van der Waals surface area contributed by atoms with Crippen molar-refractivity contribution in [2.75, 3.05) is 6.54 Å². The standard InChI is InChI=1S/C18H26N2O2/c1-13(15-8-4-3-5-9-15)12-19-18(22)17(20-14(2)21)16-10-6-7-11-16/h3-5,8-9,13,16-17H,6-7,10-12H2,1-2H3,(H,19,22)(H,20,21). The minimum Gasteiger partial charge on any atom is -0.354 e. The van der Waals surface area contributed by atoms with Gasteiger partial charge in [0.1, 0.15) is 6.04 Å². The molecule has 2 N–H and O–H groups in total. The Morgan fingerprint density at radius 2 is 1.82 bits per heavy atom. The predicted molar refractivity (Wildman–Crippen MR) is 87.4 cm³/mol. The minimum atomic E-state index is -0.386. The van der Waals surface area contributed by atoms with E-state index in [0.717, 1.165) is 25.7 Å². The van der Waals surface area contributed by atoms with Crippen LogP contribution < -0.4 is 10.6 Å². The van der Waals surface area contributed by atoms with Crippen LogP contribution in [0.1, 0.15) is 51.0 Å². The van der Waals surface area contributed by atoms with Crippen molar-refractivity contribution in [3.05, 3.63) is 35.9 Å². The molecule has 2 rings (SSSR count). The maximum absolute atomic E-state index is 12.5. The van der Waals surface area contributed by atoms with Gasteiger partial charge in [0.05, 0.1) is 0 Å². The smallest absolute Gasteiger partial charge is 0.242 e. The lowest BCUT2D eigenvalue weighted by Gasteiger charge is -2.24. The summed E-state index contributed by atoms with van der Waals surface area (Å²) in [7, 11) is 0. The first kappa shape index (κ1) is 16.5. The van der Waals surface area contributed by atoms with Gasteiger partial charge in [-0.15, -0.1) is 0 Å². The summed E-state index contributed by atoms with van der Waals surface area (Å²) >= 11 is 0. The highest BCUT2D eigenvalue weighted by Gasteiger charge is 2.31.